The zero-order valence-electron chi connectivity index (χ0n) is 12.5. The first-order valence-corrected chi connectivity index (χ1v) is 6.52. The maximum Gasteiger partial charge on any atom is 0.339 e. The Morgan fingerprint density at radius 2 is 0.630 bits per heavy atom. The van der Waals surface area contributed by atoms with Crippen molar-refractivity contribution in [2.24, 2.45) is 0 Å². The van der Waals surface area contributed by atoms with Gasteiger partial charge < -0.3 is 9.31 Å². The molecule has 0 aromatic heterocycles. The lowest BCUT2D eigenvalue weighted by Gasteiger charge is -2.09. The van der Waals surface area contributed by atoms with E-state index in [1.165, 1.54) is 0 Å². The summed E-state index contributed by atoms with van der Waals surface area (Å²) in [6.45, 7) is -1.14. The van der Waals surface area contributed by atoms with Crippen LogP contribution in [0.3, 0.4) is 0 Å². The van der Waals surface area contributed by atoms with E-state index in [2.05, 4.69) is 9.31 Å². The summed E-state index contributed by atoms with van der Waals surface area (Å²) in [7, 11) is 0.0886. The fourth-order valence-electron chi connectivity index (χ4n) is 1.72. The standard InChI is InChI=1S/C13H2B2F10O2/c16-4-2(5(17)9(21)12(24)8(4)20)14-26-1-27-15-3-6(18)10(22)13(25)11(23)7(3)19/h1H2. The van der Waals surface area contributed by atoms with Gasteiger partial charge in [0.25, 0.3) is 0 Å². The van der Waals surface area contributed by atoms with Crippen LogP contribution >= 0.6 is 0 Å². The second kappa shape index (κ2) is 8.21. The minimum Gasteiger partial charge on any atom is -0.414 e. The molecule has 0 aliphatic rings. The van der Waals surface area contributed by atoms with Crippen molar-refractivity contribution in [2.75, 3.05) is 6.79 Å². The third-order valence-corrected chi connectivity index (χ3v) is 3.03. The molecule has 2 nitrogen and oxygen atoms in total. The summed E-state index contributed by atoms with van der Waals surface area (Å²) in [5, 5.41) is 0. The van der Waals surface area contributed by atoms with Gasteiger partial charge in [-0.1, -0.05) is 0 Å². The first kappa shape index (κ1) is 21.1. The molecule has 0 spiro atoms. The van der Waals surface area contributed by atoms with E-state index in [1.54, 1.807) is 0 Å². The maximum absolute atomic E-state index is 13.3. The van der Waals surface area contributed by atoms with E-state index in [0.29, 0.717) is 0 Å². The van der Waals surface area contributed by atoms with Gasteiger partial charge in [-0.25, -0.2) is 43.9 Å². The highest BCUT2D eigenvalue weighted by atomic mass is 19.2. The fourth-order valence-corrected chi connectivity index (χ4v) is 1.72. The second-order valence-corrected chi connectivity index (χ2v) is 4.65. The van der Waals surface area contributed by atoms with Gasteiger partial charge in [0.05, 0.1) is 0 Å². The molecule has 0 fully saturated rings. The van der Waals surface area contributed by atoms with Crippen LogP contribution in [0.4, 0.5) is 43.9 Å². The van der Waals surface area contributed by atoms with E-state index in [9.17, 15) is 43.9 Å². The third kappa shape index (κ3) is 3.90. The van der Waals surface area contributed by atoms with Crippen LogP contribution in [0.15, 0.2) is 0 Å². The van der Waals surface area contributed by atoms with Crippen molar-refractivity contribution in [3.63, 3.8) is 0 Å². The molecule has 2 aromatic rings. The Balaban J connectivity index is 2.02. The van der Waals surface area contributed by atoms with E-state index in [4.69, 9.17) is 0 Å². The quantitative estimate of drug-likeness (QED) is 0.185. The SMILES string of the molecule is Fc1c(F)c(F)c([B]OCO[B]c2c(F)c(F)c(F)c(F)c2F)c(F)c1F. The minimum atomic E-state index is -2.40. The summed E-state index contributed by atoms with van der Waals surface area (Å²) in [4.78, 5) is 0. The van der Waals surface area contributed by atoms with Gasteiger partial charge in [-0.2, -0.15) is 0 Å². The first-order chi connectivity index (χ1) is 12.6. The molecule has 0 saturated heterocycles. The van der Waals surface area contributed by atoms with Gasteiger partial charge in [0.15, 0.2) is 58.2 Å². The molecule has 2 rings (SSSR count). The lowest BCUT2D eigenvalue weighted by molar-refractivity contribution is 0.134. The van der Waals surface area contributed by atoms with Crippen molar-refractivity contribution in [3.05, 3.63) is 58.2 Å². The average Bonchev–Trinajstić information content (AvgIpc) is 2.66. The van der Waals surface area contributed by atoms with E-state index in [0.717, 1.165) is 0 Å². The summed E-state index contributed by atoms with van der Waals surface area (Å²) in [6, 6.07) is 0. The summed E-state index contributed by atoms with van der Waals surface area (Å²) in [5.74, 6) is -22.7. The Labute approximate surface area is 145 Å². The molecule has 27 heavy (non-hydrogen) atoms. The van der Waals surface area contributed by atoms with Crippen LogP contribution < -0.4 is 10.9 Å². The van der Waals surface area contributed by atoms with Crippen LogP contribution in [0.1, 0.15) is 0 Å². The van der Waals surface area contributed by atoms with E-state index < -0.39 is 75.9 Å². The Kier molecular flexibility index (Phi) is 6.42. The number of hydrogen-bond donors (Lipinski definition) is 0. The van der Waals surface area contributed by atoms with E-state index in [1.807, 2.05) is 0 Å². The lowest BCUT2D eigenvalue weighted by Crippen LogP contribution is -2.32. The van der Waals surface area contributed by atoms with Crippen LogP contribution in [0.2, 0.25) is 0 Å². The van der Waals surface area contributed by atoms with Crippen molar-refractivity contribution < 1.29 is 53.2 Å². The number of hydrogen-bond acceptors (Lipinski definition) is 2. The van der Waals surface area contributed by atoms with Gasteiger partial charge in [0.2, 0.25) is 0 Å². The summed E-state index contributed by atoms with van der Waals surface area (Å²) < 4.78 is 139. The monoisotopic (exact) mass is 402 g/mol. The van der Waals surface area contributed by atoms with Gasteiger partial charge in [0.1, 0.15) is 6.79 Å². The molecule has 0 amide bonds. The molecular formula is C13H2B2F10O2. The minimum absolute atomic E-state index is 0.0443. The van der Waals surface area contributed by atoms with Crippen LogP contribution in [-0.4, -0.2) is 21.8 Å². The summed E-state index contributed by atoms with van der Waals surface area (Å²) in [6.07, 6.45) is 0. The second-order valence-electron chi connectivity index (χ2n) is 4.65. The van der Waals surface area contributed by atoms with Crippen molar-refractivity contribution in [3.8, 4) is 0 Å². The van der Waals surface area contributed by atoms with Crippen LogP contribution in [0, 0.1) is 58.2 Å². The largest absolute Gasteiger partial charge is 0.414 e. The Morgan fingerprint density at radius 3 is 0.889 bits per heavy atom. The van der Waals surface area contributed by atoms with Gasteiger partial charge in [-0.15, -0.1) is 0 Å². The van der Waals surface area contributed by atoms with Gasteiger partial charge >= 0.3 is 15.0 Å². The maximum atomic E-state index is 13.3. The van der Waals surface area contributed by atoms with Crippen LogP contribution in [0.5, 0.6) is 0 Å². The van der Waals surface area contributed by atoms with Crippen LogP contribution in [-0.2, 0) is 9.31 Å². The third-order valence-electron chi connectivity index (χ3n) is 3.03. The smallest absolute Gasteiger partial charge is 0.339 e. The van der Waals surface area contributed by atoms with Gasteiger partial charge in [-0.05, 0) is 0 Å². The Hall–Kier alpha value is -2.21. The molecule has 0 aliphatic heterocycles. The normalized spacial score (nSPS) is 11.0. The van der Waals surface area contributed by atoms with Crippen LogP contribution in [0.25, 0.3) is 0 Å². The van der Waals surface area contributed by atoms with Crippen molar-refractivity contribution >= 4 is 25.9 Å². The average molecular weight is 402 g/mol. The molecule has 0 atom stereocenters. The Bertz CT molecular complexity index is 763. The molecule has 0 heterocycles. The molecule has 2 radical (unpaired) electrons. The molecule has 0 saturated carbocycles. The van der Waals surface area contributed by atoms with Crippen molar-refractivity contribution in [1.29, 1.82) is 0 Å². The number of rotatable bonds is 6. The van der Waals surface area contributed by atoms with Crippen molar-refractivity contribution in [1.82, 2.24) is 0 Å². The zero-order valence-corrected chi connectivity index (χ0v) is 12.5. The summed E-state index contributed by atoms with van der Waals surface area (Å²) in [5.41, 5.74) is -2.96. The number of halogens is 10. The Morgan fingerprint density at radius 1 is 0.407 bits per heavy atom. The van der Waals surface area contributed by atoms with Gasteiger partial charge in [-0.3, -0.25) is 0 Å². The topological polar surface area (TPSA) is 18.5 Å². The van der Waals surface area contributed by atoms with E-state index >= 15 is 0 Å². The molecular weight excluding hydrogens is 400 g/mol. The zero-order chi connectivity index (χ0) is 20.5. The first-order valence-electron chi connectivity index (χ1n) is 6.52. The van der Waals surface area contributed by atoms with Gasteiger partial charge in [0, 0.05) is 10.9 Å². The fraction of sp³-hybridized carbons (Fsp3) is 0.0769. The highest BCUT2D eigenvalue weighted by Gasteiger charge is 2.28. The molecule has 0 aliphatic carbocycles. The molecule has 0 bridgehead atoms. The molecule has 2 aromatic carbocycles. The number of benzene rings is 2. The molecule has 0 unspecified atom stereocenters. The predicted molar refractivity (Wildman–Crippen MR) is 70.3 cm³/mol. The summed E-state index contributed by atoms with van der Waals surface area (Å²) >= 11 is 0. The molecule has 14 heteroatoms. The highest BCUT2D eigenvalue weighted by Crippen LogP contribution is 2.16. The molecule has 0 N–H and O–H groups in total. The lowest BCUT2D eigenvalue weighted by atomic mass is 9.86. The predicted octanol–water partition coefficient (Wildman–Crippen LogP) is 2.26. The highest BCUT2D eigenvalue weighted by molar-refractivity contribution is 6.48. The molecule has 142 valence electrons. The van der Waals surface area contributed by atoms with Crippen molar-refractivity contribution in [2.45, 2.75) is 0 Å². The van der Waals surface area contributed by atoms with E-state index in [-0.39, 0.29) is 15.0 Å².